The monoisotopic (exact) mass is 519 g/mol. The van der Waals surface area contributed by atoms with Gasteiger partial charge >= 0.3 is 6.18 Å². The Morgan fingerprint density at radius 2 is 2.03 bits per heavy atom. The minimum absolute atomic E-state index is 0.0608. The van der Waals surface area contributed by atoms with E-state index < -0.39 is 24.2 Å². The number of rotatable bonds is 6. The van der Waals surface area contributed by atoms with Crippen molar-refractivity contribution < 1.29 is 27.4 Å². The molecule has 4 rings (SSSR count). The van der Waals surface area contributed by atoms with Gasteiger partial charge in [0.05, 0.1) is 25.8 Å². The number of benzene rings is 1. The molecule has 0 bridgehead atoms. The number of hydrogen-bond donors (Lipinski definition) is 2. The fourth-order valence-electron chi connectivity index (χ4n) is 4.35. The summed E-state index contributed by atoms with van der Waals surface area (Å²) in [6, 6.07) is 5.64. The average molecular weight is 520 g/mol. The number of halogens is 3. The number of aromatic nitrogens is 2. The second-order valence-corrected chi connectivity index (χ2v) is 9.45. The number of nitrogens with zero attached hydrogens (tertiary/aromatic N) is 3. The topological polar surface area (TPSA) is 101 Å². The summed E-state index contributed by atoms with van der Waals surface area (Å²) in [6.45, 7) is 3.75. The lowest BCUT2D eigenvalue weighted by molar-refractivity contribution is -0.173. The van der Waals surface area contributed by atoms with Crippen LogP contribution in [0.25, 0.3) is 0 Å². The third-order valence-corrected chi connectivity index (χ3v) is 7.20. The fraction of sp³-hybridized carbons (Fsp3) is 0.375. The van der Waals surface area contributed by atoms with E-state index in [2.05, 4.69) is 21.8 Å². The molecular formula is C24H24F3N5O3S. The van der Waals surface area contributed by atoms with E-state index in [4.69, 9.17) is 9.47 Å². The zero-order valence-electron chi connectivity index (χ0n) is 20.0. The van der Waals surface area contributed by atoms with Gasteiger partial charge in [-0.25, -0.2) is 4.68 Å². The third kappa shape index (κ3) is 4.58. The molecule has 3 aromatic rings. The number of methoxy groups -OCH3 is 2. The van der Waals surface area contributed by atoms with Crippen LogP contribution in [0.1, 0.15) is 57.5 Å². The van der Waals surface area contributed by atoms with Gasteiger partial charge in [0.25, 0.3) is 5.91 Å². The van der Waals surface area contributed by atoms with E-state index >= 15 is 0 Å². The lowest BCUT2D eigenvalue weighted by atomic mass is 9.96. The molecule has 36 heavy (non-hydrogen) atoms. The first-order chi connectivity index (χ1) is 17.1. The Morgan fingerprint density at radius 3 is 2.64 bits per heavy atom. The quantitative estimate of drug-likeness (QED) is 0.439. The van der Waals surface area contributed by atoms with E-state index in [0.717, 1.165) is 15.1 Å². The van der Waals surface area contributed by atoms with E-state index in [-0.39, 0.29) is 17.9 Å². The molecule has 1 aromatic carbocycles. The van der Waals surface area contributed by atoms with Gasteiger partial charge in [-0.2, -0.15) is 23.5 Å². The molecule has 190 valence electrons. The van der Waals surface area contributed by atoms with Crippen molar-refractivity contribution >= 4 is 28.1 Å². The van der Waals surface area contributed by atoms with Gasteiger partial charge in [0.1, 0.15) is 16.9 Å². The lowest BCUT2D eigenvalue weighted by Crippen LogP contribution is -2.35. The number of thiophene rings is 1. The summed E-state index contributed by atoms with van der Waals surface area (Å²) in [5, 5.41) is 19.6. The standard InChI is InChI=1S/C24H24F3N5O3S/c1-5-14-12(2)36-23(15(14)11-28)30-22(33)17-10-21-29-16(9-20(24(25,26)27)32(21)31-17)13-6-7-18(34-3)19(8-13)35-4/h6-8,10,16,20,29H,5,9H2,1-4H3,(H,30,33)/t16-,20+/m1/s1. The molecule has 3 heterocycles. The molecule has 0 fully saturated rings. The van der Waals surface area contributed by atoms with E-state index in [0.29, 0.717) is 34.0 Å². The minimum Gasteiger partial charge on any atom is -0.493 e. The average Bonchev–Trinajstić information content (AvgIpc) is 3.42. The van der Waals surface area contributed by atoms with Gasteiger partial charge in [-0.15, -0.1) is 11.3 Å². The lowest BCUT2D eigenvalue weighted by Gasteiger charge is -2.33. The number of nitrogens with one attached hydrogen (secondary N) is 2. The SMILES string of the molecule is CCc1c(C)sc(NC(=O)c2cc3n(n2)[C@H](C(F)(F)F)C[C@H](c2ccc(OC)c(OC)c2)N3)c1C#N. The Kier molecular flexibility index (Phi) is 6.86. The normalized spacial score (nSPS) is 17.1. The molecule has 0 spiro atoms. The second-order valence-electron chi connectivity index (χ2n) is 8.22. The smallest absolute Gasteiger partial charge is 0.410 e. The summed E-state index contributed by atoms with van der Waals surface area (Å²) in [6.07, 6.45) is -4.31. The zero-order valence-corrected chi connectivity index (χ0v) is 20.8. The van der Waals surface area contributed by atoms with Crippen molar-refractivity contribution in [3.05, 3.63) is 51.5 Å². The summed E-state index contributed by atoms with van der Waals surface area (Å²) in [4.78, 5) is 13.8. The molecule has 0 saturated heterocycles. The largest absolute Gasteiger partial charge is 0.493 e. The number of alkyl halides is 3. The first-order valence-electron chi connectivity index (χ1n) is 11.1. The Morgan fingerprint density at radius 1 is 1.31 bits per heavy atom. The van der Waals surface area contributed by atoms with Crippen LogP contribution in [-0.2, 0) is 6.42 Å². The van der Waals surface area contributed by atoms with Gasteiger partial charge < -0.3 is 20.1 Å². The first kappa shape index (κ1) is 25.4. The van der Waals surface area contributed by atoms with Gasteiger partial charge in [-0.1, -0.05) is 13.0 Å². The Bertz CT molecular complexity index is 1340. The van der Waals surface area contributed by atoms with Gasteiger partial charge in [-0.3, -0.25) is 4.79 Å². The summed E-state index contributed by atoms with van der Waals surface area (Å²) >= 11 is 1.25. The van der Waals surface area contributed by atoms with Crippen molar-refractivity contribution in [2.24, 2.45) is 0 Å². The summed E-state index contributed by atoms with van der Waals surface area (Å²) in [7, 11) is 2.92. The molecule has 0 saturated carbocycles. The second kappa shape index (κ2) is 9.73. The summed E-state index contributed by atoms with van der Waals surface area (Å²) in [5.41, 5.74) is 1.57. The number of fused-ring (bicyclic) bond motifs is 1. The fourth-order valence-corrected chi connectivity index (χ4v) is 5.44. The van der Waals surface area contributed by atoms with Gasteiger partial charge in [0, 0.05) is 17.4 Å². The van der Waals surface area contributed by atoms with Crippen molar-refractivity contribution in [2.75, 3.05) is 24.9 Å². The van der Waals surface area contributed by atoms with E-state index in [1.165, 1.54) is 31.6 Å². The van der Waals surface area contributed by atoms with Crippen LogP contribution in [0.5, 0.6) is 11.5 Å². The molecule has 8 nitrogen and oxygen atoms in total. The highest BCUT2D eigenvalue weighted by atomic mass is 32.1. The molecule has 2 atom stereocenters. The summed E-state index contributed by atoms with van der Waals surface area (Å²) in [5.74, 6) is 0.221. The van der Waals surface area contributed by atoms with Crippen LogP contribution in [0.3, 0.4) is 0 Å². The Hall–Kier alpha value is -3.72. The molecule has 2 N–H and O–H groups in total. The van der Waals surface area contributed by atoms with Gasteiger partial charge in [0.15, 0.2) is 23.2 Å². The van der Waals surface area contributed by atoms with E-state index in [1.54, 1.807) is 18.2 Å². The predicted octanol–water partition coefficient (Wildman–Crippen LogP) is 5.62. The first-order valence-corrected chi connectivity index (χ1v) is 11.9. The number of anilines is 2. The predicted molar refractivity (Wildman–Crippen MR) is 129 cm³/mol. The number of carbonyl (C=O) groups is 1. The highest BCUT2D eigenvalue weighted by molar-refractivity contribution is 7.16. The number of hydrogen-bond acceptors (Lipinski definition) is 7. The van der Waals surface area contributed by atoms with Crippen LogP contribution in [-0.4, -0.2) is 36.1 Å². The van der Waals surface area contributed by atoms with Gasteiger partial charge in [0.2, 0.25) is 0 Å². The molecular weight excluding hydrogens is 495 g/mol. The highest BCUT2D eigenvalue weighted by Gasteiger charge is 2.47. The summed E-state index contributed by atoms with van der Waals surface area (Å²) < 4.78 is 53.5. The highest BCUT2D eigenvalue weighted by Crippen LogP contribution is 2.45. The molecule has 1 amide bonds. The molecule has 0 radical (unpaired) electrons. The zero-order chi connectivity index (χ0) is 26.2. The van der Waals surface area contributed by atoms with Crippen LogP contribution >= 0.6 is 11.3 Å². The number of ether oxygens (including phenoxy) is 2. The molecule has 0 unspecified atom stereocenters. The van der Waals surface area contributed by atoms with Crippen LogP contribution in [0.2, 0.25) is 0 Å². The number of nitriles is 1. The van der Waals surface area contributed by atoms with Crippen LogP contribution in [0.15, 0.2) is 24.3 Å². The van der Waals surface area contributed by atoms with E-state index in [9.17, 15) is 23.2 Å². The van der Waals surface area contributed by atoms with Crippen LogP contribution < -0.4 is 20.1 Å². The maximum absolute atomic E-state index is 14.0. The number of aryl methyl sites for hydroxylation is 1. The van der Waals surface area contributed by atoms with Gasteiger partial charge in [-0.05, 0) is 36.6 Å². The van der Waals surface area contributed by atoms with Crippen molar-refractivity contribution in [3.8, 4) is 17.6 Å². The maximum atomic E-state index is 14.0. The number of amides is 1. The van der Waals surface area contributed by atoms with Crippen LogP contribution in [0.4, 0.5) is 24.0 Å². The third-order valence-electron chi connectivity index (χ3n) is 6.13. The minimum atomic E-state index is -4.60. The molecule has 2 aromatic heterocycles. The van der Waals surface area contributed by atoms with Crippen LogP contribution in [0, 0.1) is 18.3 Å². The van der Waals surface area contributed by atoms with Crippen molar-refractivity contribution in [2.45, 2.75) is 44.9 Å². The molecule has 12 heteroatoms. The van der Waals surface area contributed by atoms with Crippen molar-refractivity contribution in [3.63, 3.8) is 0 Å². The van der Waals surface area contributed by atoms with Crippen molar-refractivity contribution in [1.29, 1.82) is 5.26 Å². The van der Waals surface area contributed by atoms with Crippen molar-refractivity contribution in [1.82, 2.24) is 9.78 Å². The Balaban J connectivity index is 1.67. The Labute approximate surface area is 209 Å². The molecule has 1 aliphatic heterocycles. The molecule has 0 aliphatic carbocycles. The van der Waals surface area contributed by atoms with E-state index in [1.807, 2.05) is 13.8 Å². The molecule has 1 aliphatic rings. The number of carbonyl (C=O) groups excluding carboxylic acids is 1. The maximum Gasteiger partial charge on any atom is 0.410 e.